The SMILES string of the molecule is CC1(C)CCc2c(ccc3c2OCC(c2ccc(I)cc2O)C3)O1. The Kier molecular flexibility index (Phi) is 3.90. The highest BCUT2D eigenvalue weighted by atomic mass is 127. The minimum atomic E-state index is -0.106. The topological polar surface area (TPSA) is 38.7 Å². The van der Waals surface area contributed by atoms with Crippen molar-refractivity contribution in [1.29, 1.82) is 0 Å². The molecule has 24 heavy (non-hydrogen) atoms. The second-order valence-corrected chi connectivity index (χ2v) is 8.55. The van der Waals surface area contributed by atoms with E-state index in [1.54, 1.807) is 0 Å². The number of phenolic OH excluding ortho intramolecular Hbond substituents is 1. The molecule has 0 aliphatic carbocycles. The van der Waals surface area contributed by atoms with Gasteiger partial charge in [-0.15, -0.1) is 0 Å². The van der Waals surface area contributed by atoms with Crippen molar-refractivity contribution in [3.63, 3.8) is 0 Å². The summed E-state index contributed by atoms with van der Waals surface area (Å²) in [5, 5.41) is 10.3. The smallest absolute Gasteiger partial charge is 0.129 e. The molecule has 4 heteroatoms. The summed E-state index contributed by atoms with van der Waals surface area (Å²) in [6, 6.07) is 10.1. The summed E-state index contributed by atoms with van der Waals surface area (Å²) in [7, 11) is 0. The lowest BCUT2D eigenvalue weighted by molar-refractivity contribution is 0.0826. The molecule has 0 saturated carbocycles. The van der Waals surface area contributed by atoms with Gasteiger partial charge in [-0.05, 0) is 79.5 Å². The standard InChI is InChI=1S/C20H21IO3/c1-20(2)8-7-16-18(24-20)6-3-12-9-13(11-23-19(12)16)15-5-4-14(21)10-17(15)22/h3-6,10,13,22H,7-9,11H2,1-2H3. The lowest BCUT2D eigenvalue weighted by Crippen LogP contribution is -2.33. The first-order valence-corrected chi connectivity index (χ1v) is 9.46. The van der Waals surface area contributed by atoms with Gasteiger partial charge in [0.1, 0.15) is 22.8 Å². The Bertz CT molecular complexity index is 798. The van der Waals surface area contributed by atoms with Crippen LogP contribution in [0.5, 0.6) is 17.2 Å². The minimum absolute atomic E-state index is 0.106. The predicted molar refractivity (Wildman–Crippen MR) is 102 cm³/mol. The summed E-state index contributed by atoms with van der Waals surface area (Å²) < 4.78 is 13.3. The molecule has 0 bridgehead atoms. The van der Waals surface area contributed by atoms with Gasteiger partial charge >= 0.3 is 0 Å². The van der Waals surface area contributed by atoms with Crippen LogP contribution in [-0.2, 0) is 12.8 Å². The molecular formula is C20H21IO3. The second kappa shape index (κ2) is 5.83. The normalized spacial score (nSPS) is 21.2. The van der Waals surface area contributed by atoms with E-state index < -0.39 is 0 Å². The molecule has 126 valence electrons. The van der Waals surface area contributed by atoms with Crippen molar-refractivity contribution in [2.24, 2.45) is 0 Å². The highest BCUT2D eigenvalue weighted by Gasteiger charge is 2.32. The molecule has 0 amide bonds. The fraction of sp³-hybridized carbons (Fsp3) is 0.400. The number of benzene rings is 2. The maximum absolute atomic E-state index is 10.3. The third-order valence-corrected chi connectivity index (χ3v) is 5.66. The molecule has 1 atom stereocenters. The highest BCUT2D eigenvalue weighted by molar-refractivity contribution is 14.1. The number of ether oxygens (including phenoxy) is 2. The Morgan fingerprint density at radius 3 is 2.83 bits per heavy atom. The van der Waals surface area contributed by atoms with Gasteiger partial charge in [0.2, 0.25) is 0 Å². The highest BCUT2D eigenvalue weighted by Crippen LogP contribution is 2.44. The number of hydrogen-bond donors (Lipinski definition) is 1. The Labute approximate surface area is 156 Å². The van der Waals surface area contributed by atoms with Crippen molar-refractivity contribution in [1.82, 2.24) is 0 Å². The van der Waals surface area contributed by atoms with Crippen LogP contribution in [0.3, 0.4) is 0 Å². The van der Waals surface area contributed by atoms with Gasteiger partial charge in [-0.2, -0.15) is 0 Å². The van der Waals surface area contributed by atoms with E-state index in [1.807, 2.05) is 18.2 Å². The zero-order valence-electron chi connectivity index (χ0n) is 13.9. The summed E-state index contributed by atoms with van der Waals surface area (Å²) in [5.41, 5.74) is 3.28. The van der Waals surface area contributed by atoms with E-state index in [9.17, 15) is 5.11 Å². The first-order chi connectivity index (χ1) is 11.4. The molecule has 0 fully saturated rings. The predicted octanol–water partition coefficient (Wildman–Crippen LogP) is 4.82. The van der Waals surface area contributed by atoms with E-state index in [0.29, 0.717) is 12.4 Å². The number of aromatic hydroxyl groups is 1. The summed E-state index contributed by atoms with van der Waals surface area (Å²) in [5.74, 6) is 2.51. The molecule has 0 aromatic heterocycles. The van der Waals surface area contributed by atoms with Gasteiger partial charge in [0.15, 0.2) is 0 Å². The molecule has 2 heterocycles. The Morgan fingerprint density at radius 1 is 1.21 bits per heavy atom. The van der Waals surface area contributed by atoms with Gasteiger partial charge in [-0.1, -0.05) is 12.1 Å². The van der Waals surface area contributed by atoms with E-state index in [-0.39, 0.29) is 11.5 Å². The Balaban J connectivity index is 1.65. The number of rotatable bonds is 1. The summed E-state index contributed by atoms with van der Waals surface area (Å²) in [4.78, 5) is 0. The van der Waals surface area contributed by atoms with Crippen LogP contribution in [0.25, 0.3) is 0 Å². The third-order valence-electron chi connectivity index (χ3n) is 4.99. The van der Waals surface area contributed by atoms with Crippen molar-refractivity contribution in [3.05, 3.63) is 50.6 Å². The average Bonchev–Trinajstić information content (AvgIpc) is 2.53. The van der Waals surface area contributed by atoms with Gasteiger partial charge in [-0.3, -0.25) is 0 Å². The summed E-state index contributed by atoms with van der Waals surface area (Å²) >= 11 is 2.21. The number of halogens is 1. The molecule has 0 saturated heterocycles. The van der Waals surface area contributed by atoms with Crippen LogP contribution in [0.2, 0.25) is 0 Å². The molecule has 0 radical (unpaired) electrons. The molecule has 0 spiro atoms. The molecular weight excluding hydrogens is 415 g/mol. The average molecular weight is 436 g/mol. The summed E-state index contributed by atoms with van der Waals surface area (Å²) in [6.07, 6.45) is 2.88. The van der Waals surface area contributed by atoms with E-state index in [1.165, 1.54) is 11.1 Å². The van der Waals surface area contributed by atoms with Crippen LogP contribution in [0.1, 0.15) is 42.9 Å². The van der Waals surface area contributed by atoms with Crippen LogP contribution in [0.4, 0.5) is 0 Å². The van der Waals surface area contributed by atoms with Gasteiger partial charge in [0.25, 0.3) is 0 Å². The molecule has 1 N–H and O–H groups in total. The number of hydrogen-bond acceptors (Lipinski definition) is 3. The third kappa shape index (κ3) is 2.85. The van der Waals surface area contributed by atoms with Crippen LogP contribution in [-0.4, -0.2) is 17.3 Å². The maximum atomic E-state index is 10.3. The first-order valence-electron chi connectivity index (χ1n) is 8.38. The van der Waals surface area contributed by atoms with Gasteiger partial charge < -0.3 is 14.6 Å². The quantitative estimate of drug-likeness (QED) is 0.652. The molecule has 2 aliphatic heterocycles. The molecule has 2 aliphatic rings. The zero-order valence-corrected chi connectivity index (χ0v) is 16.1. The van der Waals surface area contributed by atoms with Crippen molar-refractivity contribution >= 4 is 22.6 Å². The monoisotopic (exact) mass is 436 g/mol. The van der Waals surface area contributed by atoms with Crippen molar-refractivity contribution < 1.29 is 14.6 Å². The molecule has 4 rings (SSSR count). The molecule has 2 aromatic rings. The van der Waals surface area contributed by atoms with Crippen LogP contribution >= 0.6 is 22.6 Å². The van der Waals surface area contributed by atoms with E-state index in [4.69, 9.17) is 9.47 Å². The van der Waals surface area contributed by atoms with Crippen LogP contribution < -0.4 is 9.47 Å². The van der Waals surface area contributed by atoms with Crippen molar-refractivity contribution in [3.8, 4) is 17.2 Å². The Hall–Kier alpha value is -1.43. The van der Waals surface area contributed by atoms with E-state index >= 15 is 0 Å². The molecule has 1 unspecified atom stereocenters. The Morgan fingerprint density at radius 2 is 2.04 bits per heavy atom. The lowest BCUT2D eigenvalue weighted by Gasteiger charge is -2.35. The van der Waals surface area contributed by atoms with Crippen LogP contribution in [0, 0.1) is 3.57 Å². The van der Waals surface area contributed by atoms with Crippen molar-refractivity contribution in [2.75, 3.05) is 6.61 Å². The number of phenols is 1. The molecule has 3 nitrogen and oxygen atoms in total. The van der Waals surface area contributed by atoms with Crippen molar-refractivity contribution in [2.45, 2.75) is 44.6 Å². The largest absolute Gasteiger partial charge is 0.508 e. The molecule has 2 aromatic carbocycles. The first kappa shape index (κ1) is 16.1. The fourth-order valence-electron chi connectivity index (χ4n) is 3.68. The van der Waals surface area contributed by atoms with Gasteiger partial charge in [-0.25, -0.2) is 0 Å². The van der Waals surface area contributed by atoms with E-state index in [2.05, 4.69) is 48.6 Å². The number of fused-ring (bicyclic) bond motifs is 3. The fourth-order valence-corrected chi connectivity index (χ4v) is 4.15. The minimum Gasteiger partial charge on any atom is -0.508 e. The van der Waals surface area contributed by atoms with E-state index in [0.717, 1.165) is 39.9 Å². The zero-order chi connectivity index (χ0) is 16.9. The van der Waals surface area contributed by atoms with Crippen LogP contribution in [0.15, 0.2) is 30.3 Å². The van der Waals surface area contributed by atoms with Gasteiger partial charge in [0, 0.05) is 20.6 Å². The summed E-state index contributed by atoms with van der Waals surface area (Å²) in [6.45, 7) is 4.86. The lowest BCUT2D eigenvalue weighted by atomic mass is 9.86. The maximum Gasteiger partial charge on any atom is 0.129 e. The second-order valence-electron chi connectivity index (χ2n) is 7.31. The van der Waals surface area contributed by atoms with Gasteiger partial charge in [0.05, 0.1) is 6.61 Å².